The third-order valence-electron chi connectivity index (χ3n) is 2.39. The smallest absolute Gasteiger partial charge is 0.0452 e. The number of hydrogen-bond donors (Lipinski definition) is 0. The van der Waals surface area contributed by atoms with Crippen molar-refractivity contribution in [2.75, 3.05) is 0 Å². The third-order valence-corrected chi connectivity index (χ3v) is 2.39. The van der Waals surface area contributed by atoms with E-state index in [9.17, 15) is 9.90 Å². The molecule has 0 saturated heterocycles. The van der Waals surface area contributed by atoms with Crippen LogP contribution in [-0.4, -0.2) is 5.97 Å². The van der Waals surface area contributed by atoms with Crippen molar-refractivity contribution in [2.45, 2.75) is 58.3 Å². The lowest BCUT2D eigenvalue weighted by molar-refractivity contribution is -0.304. The number of carboxylic acid groups (broad SMARTS) is 1. The Kier molecular flexibility index (Phi) is 11.2. The van der Waals surface area contributed by atoms with Gasteiger partial charge in [0.25, 0.3) is 0 Å². The Hall–Kier alpha value is -1.05. The van der Waals surface area contributed by atoms with E-state index in [1.54, 1.807) is 12.2 Å². The first-order valence-corrected chi connectivity index (χ1v) is 6.29. The average molecular weight is 223 g/mol. The molecule has 0 aromatic carbocycles. The summed E-state index contributed by atoms with van der Waals surface area (Å²) in [5.74, 6) is -1.03. The van der Waals surface area contributed by atoms with Gasteiger partial charge < -0.3 is 9.90 Å². The Morgan fingerprint density at radius 2 is 1.62 bits per heavy atom. The second-order valence-corrected chi connectivity index (χ2v) is 3.99. The van der Waals surface area contributed by atoms with Crippen LogP contribution in [0.3, 0.4) is 0 Å². The van der Waals surface area contributed by atoms with E-state index < -0.39 is 5.97 Å². The molecule has 16 heavy (non-hydrogen) atoms. The Bertz CT molecular complexity index is 217. The zero-order valence-corrected chi connectivity index (χ0v) is 10.3. The molecule has 0 bridgehead atoms. The minimum absolute atomic E-state index is 0.00135. The van der Waals surface area contributed by atoms with Gasteiger partial charge in [0.1, 0.15) is 0 Å². The van der Waals surface area contributed by atoms with Crippen molar-refractivity contribution < 1.29 is 9.90 Å². The van der Waals surface area contributed by atoms with Gasteiger partial charge in [-0.05, 0) is 12.8 Å². The molecular weight excluding hydrogens is 200 g/mol. The minimum atomic E-state index is -1.03. The van der Waals surface area contributed by atoms with E-state index in [-0.39, 0.29) is 6.42 Å². The van der Waals surface area contributed by atoms with Crippen molar-refractivity contribution >= 4 is 5.97 Å². The molecule has 0 unspecified atom stereocenters. The average Bonchev–Trinajstić information content (AvgIpc) is 2.25. The van der Waals surface area contributed by atoms with E-state index in [2.05, 4.69) is 13.0 Å². The van der Waals surface area contributed by atoms with E-state index in [1.165, 1.54) is 38.5 Å². The summed E-state index contributed by atoms with van der Waals surface area (Å²) < 4.78 is 0. The molecule has 0 N–H and O–H groups in total. The van der Waals surface area contributed by atoms with E-state index >= 15 is 0 Å². The van der Waals surface area contributed by atoms with Crippen molar-refractivity contribution in [3.63, 3.8) is 0 Å². The summed E-state index contributed by atoms with van der Waals surface area (Å²) in [5.41, 5.74) is 0. The minimum Gasteiger partial charge on any atom is -0.550 e. The molecule has 0 aromatic heterocycles. The van der Waals surface area contributed by atoms with E-state index in [0.29, 0.717) is 0 Å². The van der Waals surface area contributed by atoms with Crippen LogP contribution in [0.4, 0.5) is 0 Å². The summed E-state index contributed by atoms with van der Waals surface area (Å²) in [6.45, 7) is 2.22. The zero-order valence-electron chi connectivity index (χ0n) is 10.3. The highest BCUT2D eigenvalue weighted by Gasteiger charge is 1.87. The molecule has 0 aliphatic heterocycles. The topological polar surface area (TPSA) is 40.1 Å². The third kappa shape index (κ3) is 12.9. The maximum atomic E-state index is 10.1. The van der Waals surface area contributed by atoms with E-state index in [0.717, 1.165) is 6.42 Å². The van der Waals surface area contributed by atoms with Gasteiger partial charge in [0.2, 0.25) is 0 Å². The van der Waals surface area contributed by atoms with Crippen LogP contribution in [0.1, 0.15) is 58.3 Å². The lowest BCUT2D eigenvalue weighted by Gasteiger charge is -1.97. The fourth-order valence-electron chi connectivity index (χ4n) is 1.46. The first-order chi connectivity index (χ1) is 7.77. The van der Waals surface area contributed by atoms with Gasteiger partial charge in [0, 0.05) is 12.4 Å². The number of carbonyl (C=O) groups excluding carboxylic acids is 1. The molecule has 0 aliphatic carbocycles. The Morgan fingerprint density at radius 1 is 1.00 bits per heavy atom. The zero-order chi connectivity index (χ0) is 12.1. The van der Waals surface area contributed by atoms with Crippen molar-refractivity contribution in [3.8, 4) is 0 Å². The predicted molar refractivity (Wildman–Crippen MR) is 65.9 cm³/mol. The number of unbranched alkanes of at least 4 members (excludes halogenated alkanes) is 6. The highest BCUT2D eigenvalue weighted by Crippen LogP contribution is 2.07. The summed E-state index contributed by atoms with van der Waals surface area (Å²) in [4.78, 5) is 10.1. The fraction of sp³-hybridized carbons (Fsp3) is 0.643. The Morgan fingerprint density at radius 3 is 2.31 bits per heavy atom. The Balaban J connectivity index is 3.21. The number of rotatable bonds is 10. The number of carboxylic acids is 1. The highest BCUT2D eigenvalue weighted by molar-refractivity contribution is 5.66. The van der Waals surface area contributed by atoms with Gasteiger partial charge in [-0.2, -0.15) is 0 Å². The molecule has 0 atom stereocenters. The number of allylic oxidation sites excluding steroid dienone is 3. The normalized spacial score (nSPS) is 11.6. The van der Waals surface area contributed by atoms with Crippen LogP contribution in [-0.2, 0) is 4.79 Å². The molecule has 0 radical (unpaired) electrons. The van der Waals surface area contributed by atoms with E-state index in [4.69, 9.17) is 0 Å². The van der Waals surface area contributed by atoms with Crippen molar-refractivity contribution in [3.05, 3.63) is 24.3 Å². The first kappa shape index (κ1) is 14.9. The number of hydrogen-bond acceptors (Lipinski definition) is 2. The van der Waals surface area contributed by atoms with Crippen LogP contribution >= 0.6 is 0 Å². The van der Waals surface area contributed by atoms with Gasteiger partial charge in [-0.25, -0.2) is 0 Å². The summed E-state index contributed by atoms with van der Waals surface area (Å²) in [6.07, 6.45) is 16.3. The lowest BCUT2D eigenvalue weighted by atomic mass is 10.1. The monoisotopic (exact) mass is 223 g/mol. The second-order valence-electron chi connectivity index (χ2n) is 3.99. The summed E-state index contributed by atoms with van der Waals surface area (Å²) in [5, 5.41) is 10.1. The van der Waals surface area contributed by atoms with Crippen LogP contribution in [0, 0.1) is 0 Å². The van der Waals surface area contributed by atoms with Gasteiger partial charge in [0.05, 0.1) is 0 Å². The van der Waals surface area contributed by atoms with Gasteiger partial charge >= 0.3 is 0 Å². The molecule has 0 rings (SSSR count). The molecule has 0 spiro atoms. The standard InChI is InChI=1S/C14H24O2/c1-2-3-4-5-6-7-8-9-10-11-12-13-14(15)16/h9-12H,2-8,13H2,1H3,(H,15,16)/p-1/b10-9-,12-11+. The first-order valence-electron chi connectivity index (χ1n) is 6.29. The summed E-state index contributed by atoms with van der Waals surface area (Å²) in [6, 6.07) is 0. The van der Waals surface area contributed by atoms with Crippen molar-refractivity contribution in [2.24, 2.45) is 0 Å². The number of aliphatic carboxylic acids is 1. The largest absolute Gasteiger partial charge is 0.550 e. The molecule has 92 valence electrons. The van der Waals surface area contributed by atoms with Crippen LogP contribution in [0.15, 0.2) is 24.3 Å². The molecule has 0 heterocycles. The van der Waals surface area contributed by atoms with Crippen molar-refractivity contribution in [1.82, 2.24) is 0 Å². The molecule has 0 saturated carbocycles. The Labute approximate surface area is 99.1 Å². The quantitative estimate of drug-likeness (QED) is 0.422. The van der Waals surface area contributed by atoms with Gasteiger partial charge in [-0.1, -0.05) is 63.3 Å². The van der Waals surface area contributed by atoms with Crippen LogP contribution in [0.2, 0.25) is 0 Å². The highest BCUT2D eigenvalue weighted by atomic mass is 16.4. The molecule has 0 aliphatic rings. The summed E-state index contributed by atoms with van der Waals surface area (Å²) >= 11 is 0. The lowest BCUT2D eigenvalue weighted by Crippen LogP contribution is -2.20. The van der Waals surface area contributed by atoms with Gasteiger partial charge in [0.15, 0.2) is 0 Å². The molecular formula is C14H23O2-. The van der Waals surface area contributed by atoms with Gasteiger partial charge in [-0.15, -0.1) is 0 Å². The van der Waals surface area contributed by atoms with Crippen LogP contribution in [0.25, 0.3) is 0 Å². The van der Waals surface area contributed by atoms with Crippen LogP contribution in [0.5, 0.6) is 0 Å². The maximum absolute atomic E-state index is 10.1. The van der Waals surface area contributed by atoms with Gasteiger partial charge in [-0.3, -0.25) is 0 Å². The molecule has 0 aromatic rings. The summed E-state index contributed by atoms with van der Waals surface area (Å²) in [7, 11) is 0. The van der Waals surface area contributed by atoms with Crippen molar-refractivity contribution in [1.29, 1.82) is 0 Å². The van der Waals surface area contributed by atoms with E-state index in [1.807, 2.05) is 6.08 Å². The molecule has 2 heteroatoms. The number of carbonyl (C=O) groups is 1. The second kappa shape index (κ2) is 12.0. The fourth-order valence-corrected chi connectivity index (χ4v) is 1.46. The SMILES string of the molecule is CCCCCCCC/C=C\C=C\CC(=O)[O-]. The molecule has 0 amide bonds. The maximum Gasteiger partial charge on any atom is 0.0452 e. The molecule has 0 fully saturated rings. The molecule has 2 nitrogen and oxygen atoms in total. The predicted octanol–water partition coefficient (Wildman–Crippen LogP) is 2.99. The van der Waals surface area contributed by atoms with Crippen LogP contribution < -0.4 is 5.11 Å².